The van der Waals surface area contributed by atoms with Crippen LogP contribution < -0.4 is 10.2 Å². The van der Waals surface area contributed by atoms with E-state index in [0.29, 0.717) is 5.75 Å². The molecule has 0 aromatic heterocycles. The number of benzene rings is 2. The van der Waals surface area contributed by atoms with Gasteiger partial charge in [0, 0.05) is 8.95 Å². The Labute approximate surface area is 145 Å². The van der Waals surface area contributed by atoms with Gasteiger partial charge in [-0.15, -0.1) is 0 Å². The second-order valence-corrected chi connectivity index (χ2v) is 6.37. The van der Waals surface area contributed by atoms with Crippen LogP contribution in [0.1, 0.15) is 11.1 Å². The van der Waals surface area contributed by atoms with Crippen LogP contribution in [0.4, 0.5) is 0 Å². The average Bonchev–Trinajstić information content (AvgIpc) is 2.48. The molecule has 0 aliphatic rings. The van der Waals surface area contributed by atoms with Gasteiger partial charge < -0.3 is 4.74 Å². The highest BCUT2D eigenvalue weighted by molar-refractivity contribution is 9.10. The summed E-state index contributed by atoms with van der Waals surface area (Å²) >= 11 is 6.74. The normalized spacial score (nSPS) is 10.7. The number of nitrogens with zero attached hydrogens (tertiary/aromatic N) is 1. The maximum Gasteiger partial charge on any atom is 0.277 e. The summed E-state index contributed by atoms with van der Waals surface area (Å²) in [6.45, 7) is 1.84. The summed E-state index contributed by atoms with van der Waals surface area (Å²) in [6.07, 6.45) is 1.58. The first kappa shape index (κ1) is 16.7. The fourth-order valence-electron chi connectivity index (χ4n) is 1.68. The number of ether oxygens (including phenoxy) is 1. The lowest BCUT2D eigenvalue weighted by Gasteiger charge is -2.08. The van der Waals surface area contributed by atoms with Gasteiger partial charge in [0.25, 0.3) is 5.91 Å². The van der Waals surface area contributed by atoms with Crippen LogP contribution in [0.25, 0.3) is 0 Å². The Bertz CT molecular complexity index is 685. The van der Waals surface area contributed by atoms with Crippen LogP contribution in [-0.4, -0.2) is 18.7 Å². The SMILES string of the molecule is Cc1cc(Br)ccc1OCC(=O)NN=Cc1ccc(Br)cc1. The van der Waals surface area contributed by atoms with E-state index in [9.17, 15) is 4.79 Å². The van der Waals surface area contributed by atoms with Gasteiger partial charge in [-0.2, -0.15) is 5.10 Å². The van der Waals surface area contributed by atoms with Crippen molar-refractivity contribution in [1.29, 1.82) is 0 Å². The van der Waals surface area contributed by atoms with Crippen molar-refractivity contribution in [3.05, 3.63) is 62.5 Å². The number of rotatable bonds is 5. The topological polar surface area (TPSA) is 50.7 Å². The highest BCUT2D eigenvalue weighted by Crippen LogP contribution is 2.21. The van der Waals surface area contributed by atoms with Gasteiger partial charge in [0.1, 0.15) is 5.75 Å². The van der Waals surface area contributed by atoms with Crippen LogP contribution in [0.2, 0.25) is 0 Å². The van der Waals surface area contributed by atoms with E-state index < -0.39 is 0 Å². The zero-order valence-corrected chi connectivity index (χ0v) is 15.0. The zero-order valence-electron chi connectivity index (χ0n) is 11.8. The van der Waals surface area contributed by atoms with E-state index in [1.807, 2.05) is 49.4 Å². The number of halogens is 2. The quantitative estimate of drug-likeness (QED) is 0.580. The predicted octanol–water partition coefficient (Wildman–Crippen LogP) is 4.05. The molecule has 0 spiro atoms. The lowest BCUT2D eigenvalue weighted by Crippen LogP contribution is -2.24. The van der Waals surface area contributed by atoms with Crippen LogP contribution in [0.15, 0.2) is 56.5 Å². The minimum Gasteiger partial charge on any atom is -0.483 e. The minimum atomic E-state index is -0.310. The van der Waals surface area contributed by atoms with Gasteiger partial charge in [-0.3, -0.25) is 4.79 Å². The summed E-state index contributed by atoms with van der Waals surface area (Å²) in [5, 5.41) is 3.89. The highest BCUT2D eigenvalue weighted by Gasteiger charge is 2.04. The molecule has 0 aliphatic heterocycles. The number of carbonyl (C=O) groups is 1. The number of hydrogen-bond acceptors (Lipinski definition) is 3. The molecule has 0 radical (unpaired) electrons. The lowest BCUT2D eigenvalue weighted by atomic mass is 10.2. The predicted molar refractivity (Wildman–Crippen MR) is 94.3 cm³/mol. The van der Waals surface area contributed by atoms with Crippen molar-refractivity contribution in [2.24, 2.45) is 5.10 Å². The van der Waals surface area contributed by atoms with Crippen LogP contribution in [0, 0.1) is 6.92 Å². The summed E-state index contributed by atoms with van der Waals surface area (Å²) in [5.74, 6) is 0.367. The molecule has 0 aliphatic carbocycles. The first-order valence-electron chi connectivity index (χ1n) is 6.51. The van der Waals surface area contributed by atoms with Gasteiger partial charge in [0.05, 0.1) is 6.21 Å². The van der Waals surface area contributed by atoms with Gasteiger partial charge >= 0.3 is 0 Å². The molecule has 1 N–H and O–H groups in total. The molecule has 0 bridgehead atoms. The maximum absolute atomic E-state index is 11.7. The van der Waals surface area contributed by atoms with Crippen LogP contribution in [0.5, 0.6) is 5.75 Å². The summed E-state index contributed by atoms with van der Waals surface area (Å²) in [6, 6.07) is 13.2. The van der Waals surface area contributed by atoms with Gasteiger partial charge in [-0.25, -0.2) is 5.43 Å². The Kier molecular flexibility index (Phi) is 6.15. The second kappa shape index (κ2) is 8.10. The Morgan fingerprint density at radius 1 is 1.18 bits per heavy atom. The Morgan fingerprint density at radius 3 is 2.55 bits per heavy atom. The number of aryl methyl sites for hydroxylation is 1. The highest BCUT2D eigenvalue weighted by atomic mass is 79.9. The third-order valence-electron chi connectivity index (χ3n) is 2.77. The molecule has 0 heterocycles. The molecule has 6 heteroatoms. The molecule has 0 saturated carbocycles. The molecule has 1 amide bonds. The fraction of sp³-hybridized carbons (Fsp3) is 0.125. The van der Waals surface area contributed by atoms with Gasteiger partial charge in [-0.05, 0) is 48.4 Å². The van der Waals surface area contributed by atoms with Crippen LogP contribution in [0.3, 0.4) is 0 Å². The van der Waals surface area contributed by atoms with Crippen LogP contribution in [-0.2, 0) is 4.79 Å². The minimum absolute atomic E-state index is 0.0832. The summed E-state index contributed by atoms with van der Waals surface area (Å²) in [4.78, 5) is 11.7. The van der Waals surface area contributed by atoms with Gasteiger partial charge in [-0.1, -0.05) is 44.0 Å². The van der Waals surface area contributed by atoms with Gasteiger partial charge in [0.15, 0.2) is 6.61 Å². The van der Waals surface area contributed by atoms with E-state index in [0.717, 1.165) is 20.1 Å². The third kappa shape index (κ3) is 5.27. The molecule has 4 nitrogen and oxygen atoms in total. The molecule has 0 fully saturated rings. The molecule has 114 valence electrons. The van der Waals surface area contributed by atoms with Crippen molar-refractivity contribution < 1.29 is 9.53 Å². The van der Waals surface area contributed by atoms with Crippen molar-refractivity contribution >= 4 is 44.0 Å². The first-order chi connectivity index (χ1) is 10.5. The molecule has 0 unspecified atom stereocenters. The molecular formula is C16H14Br2N2O2. The summed E-state index contributed by atoms with van der Waals surface area (Å²) < 4.78 is 7.42. The Morgan fingerprint density at radius 2 is 1.86 bits per heavy atom. The monoisotopic (exact) mass is 424 g/mol. The van der Waals surface area contributed by atoms with Crippen molar-refractivity contribution in [1.82, 2.24) is 5.43 Å². The molecule has 2 rings (SSSR count). The van der Waals surface area contributed by atoms with Crippen molar-refractivity contribution in [3.63, 3.8) is 0 Å². The number of nitrogens with one attached hydrogen (secondary N) is 1. The molecule has 2 aromatic rings. The lowest BCUT2D eigenvalue weighted by molar-refractivity contribution is -0.123. The summed E-state index contributed by atoms with van der Waals surface area (Å²) in [7, 11) is 0. The van der Waals surface area contributed by atoms with E-state index in [2.05, 4.69) is 42.4 Å². The standard InChI is InChI=1S/C16H14Br2N2O2/c1-11-8-14(18)6-7-15(11)22-10-16(21)20-19-9-12-2-4-13(17)5-3-12/h2-9H,10H2,1H3,(H,20,21). The molecule has 22 heavy (non-hydrogen) atoms. The largest absolute Gasteiger partial charge is 0.483 e. The van der Waals surface area contributed by atoms with E-state index in [1.165, 1.54) is 0 Å². The van der Waals surface area contributed by atoms with E-state index >= 15 is 0 Å². The number of hydrazone groups is 1. The number of hydrogen-bond donors (Lipinski definition) is 1. The number of amides is 1. The van der Waals surface area contributed by atoms with Gasteiger partial charge in [0.2, 0.25) is 0 Å². The Balaban J connectivity index is 1.81. The zero-order chi connectivity index (χ0) is 15.9. The fourth-order valence-corrected chi connectivity index (χ4v) is 2.42. The van der Waals surface area contributed by atoms with Crippen molar-refractivity contribution in [3.8, 4) is 5.75 Å². The van der Waals surface area contributed by atoms with E-state index in [-0.39, 0.29) is 12.5 Å². The van der Waals surface area contributed by atoms with E-state index in [4.69, 9.17) is 4.74 Å². The molecule has 2 aromatic carbocycles. The third-order valence-corrected chi connectivity index (χ3v) is 3.79. The molecular weight excluding hydrogens is 412 g/mol. The maximum atomic E-state index is 11.7. The number of carbonyl (C=O) groups excluding carboxylic acids is 1. The second-order valence-electron chi connectivity index (χ2n) is 4.54. The Hall–Kier alpha value is -1.66. The van der Waals surface area contributed by atoms with Crippen LogP contribution >= 0.6 is 31.9 Å². The van der Waals surface area contributed by atoms with Crippen molar-refractivity contribution in [2.45, 2.75) is 6.92 Å². The van der Waals surface area contributed by atoms with Crippen molar-refractivity contribution in [2.75, 3.05) is 6.61 Å². The summed E-state index contributed by atoms with van der Waals surface area (Å²) in [5.41, 5.74) is 4.29. The molecule has 0 saturated heterocycles. The average molecular weight is 426 g/mol. The first-order valence-corrected chi connectivity index (χ1v) is 8.09. The smallest absolute Gasteiger partial charge is 0.277 e. The molecule has 0 atom stereocenters. The van der Waals surface area contributed by atoms with E-state index in [1.54, 1.807) is 6.21 Å².